The molecule has 110 valence electrons. The van der Waals surface area contributed by atoms with Gasteiger partial charge in [-0.1, -0.05) is 0 Å². The fourth-order valence-corrected chi connectivity index (χ4v) is 2.50. The number of imidazole rings is 1. The summed E-state index contributed by atoms with van der Waals surface area (Å²) in [6.45, 7) is 6.00. The van der Waals surface area contributed by atoms with Gasteiger partial charge in [-0.3, -0.25) is 0 Å². The van der Waals surface area contributed by atoms with E-state index in [1.165, 1.54) is 0 Å². The van der Waals surface area contributed by atoms with Crippen molar-refractivity contribution in [1.29, 1.82) is 0 Å². The van der Waals surface area contributed by atoms with Crippen molar-refractivity contribution >= 4 is 22.8 Å². The molecule has 0 fully saturated rings. The molecule has 0 bridgehead atoms. The van der Waals surface area contributed by atoms with Gasteiger partial charge >= 0.3 is 0 Å². The van der Waals surface area contributed by atoms with Gasteiger partial charge in [-0.05, 0) is 59.5 Å². The van der Waals surface area contributed by atoms with E-state index in [2.05, 4.69) is 33.5 Å². The summed E-state index contributed by atoms with van der Waals surface area (Å²) >= 11 is 6.26. The first-order valence-electron chi connectivity index (χ1n) is 7.11. The van der Waals surface area contributed by atoms with E-state index < -0.39 is 0 Å². The van der Waals surface area contributed by atoms with Gasteiger partial charge in [0.05, 0.1) is 5.38 Å². The Kier molecular flexibility index (Phi) is 5.00. The number of halogens is 1. The minimum atomic E-state index is -0.0987. The lowest BCUT2D eigenvalue weighted by molar-refractivity contribution is 0.387. The lowest BCUT2D eigenvalue weighted by Gasteiger charge is -2.12. The van der Waals surface area contributed by atoms with E-state index in [0.29, 0.717) is 0 Å². The second-order valence-corrected chi connectivity index (χ2v) is 6.20. The molecular weight excluding hydrogens is 272 g/mol. The second kappa shape index (κ2) is 6.55. The van der Waals surface area contributed by atoms with Crippen LogP contribution in [-0.4, -0.2) is 40.1 Å². The van der Waals surface area contributed by atoms with Crippen molar-refractivity contribution in [3.05, 3.63) is 23.7 Å². The van der Waals surface area contributed by atoms with Crippen LogP contribution in [0, 0.1) is 6.92 Å². The molecule has 0 aliphatic rings. The Morgan fingerprint density at radius 2 is 2.00 bits per heavy atom. The van der Waals surface area contributed by atoms with Crippen LogP contribution in [0.3, 0.4) is 0 Å². The molecule has 5 heteroatoms. The van der Waals surface area contributed by atoms with Crippen LogP contribution in [0.25, 0.3) is 11.2 Å². The smallest absolute Gasteiger partial charge is 0.160 e. The van der Waals surface area contributed by atoms with Crippen LogP contribution in [0.1, 0.15) is 36.7 Å². The number of hydrogen-bond donors (Lipinski definition) is 0. The van der Waals surface area contributed by atoms with E-state index in [4.69, 9.17) is 11.6 Å². The number of unbranched alkanes of at least 4 members (excludes halogenated alkanes) is 1. The van der Waals surface area contributed by atoms with E-state index in [-0.39, 0.29) is 5.38 Å². The van der Waals surface area contributed by atoms with Gasteiger partial charge in [0.15, 0.2) is 5.65 Å². The standard InChI is InChI=1S/C15H23ClN4/c1-11-7-8-13-15(17-11)20(14(18-13)12(2)16)10-6-5-9-19(3)4/h7-8,12H,5-6,9-10H2,1-4H3. The first kappa shape index (κ1) is 15.3. The van der Waals surface area contributed by atoms with E-state index in [0.717, 1.165) is 48.6 Å². The zero-order chi connectivity index (χ0) is 14.7. The van der Waals surface area contributed by atoms with Gasteiger partial charge in [-0.25, -0.2) is 9.97 Å². The Morgan fingerprint density at radius 1 is 1.25 bits per heavy atom. The molecule has 2 heterocycles. The highest BCUT2D eigenvalue weighted by Crippen LogP contribution is 2.24. The summed E-state index contributed by atoms with van der Waals surface area (Å²) in [5.41, 5.74) is 2.91. The molecule has 1 unspecified atom stereocenters. The summed E-state index contributed by atoms with van der Waals surface area (Å²) in [6.07, 6.45) is 2.27. The molecule has 0 saturated heterocycles. The van der Waals surface area contributed by atoms with Crippen molar-refractivity contribution in [2.45, 2.75) is 38.6 Å². The molecule has 0 N–H and O–H groups in total. The summed E-state index contributed by atoms with van der Waals surface area (Å²) < 4.78 is 2.18. The maximum atomic E-state index is 6.26. The number of aromatic nitrogens is 3. The molecule has 0 radical (unpaired) electrons. The topological polar surface area (TPSA) is 34.0 Å². The molecule has 0 aliphatic heterocycles. The van der Waals surface area contributed by atoms with Gasteiger partial charge in [0.2, 0.25) is 0 Å². The van der Waals surface area contributed by atoms with E-state index in [9.17, 15) is 0 Å². The molecule has 0 aliphatic carbocycles. The third-order valence-corrected chi connectivity index (χ3v) is 3.55. The number of nitrogens with zero attached hydrogens (tertiary/aromatic N) is 4. The molecule has 0 amide bonds. The highest BCUT2D eigenvalue weighted by Gasteiger charge is 2.15. The van der Waals surface area contributed by atoms with Crippen LogP contribution in [0.2, 0.25) is 0 Å². The van der Waals surface area contributed by atoms with Gasteiger partial charge < -0.3 is 9.47 Å². The SMILES string of the molecule is Cc1ccc2nc(C(C)Cl)n(CCCCN(C)C)c2n1. The quantitative estimate of drug-likeness (QED) is 0.605. The lowest BCUT2D eigenvalue weighted by atomic mass is 10.3. The number of pyridine rings is 1. The van der Waals surface area contributed by atoms with Gasteiger partial charge in [0, 0.05) is 12.2 Å². The molecule has 1 atom stereocenters. The number of fused-ring (bicyclic) bond motifs is 1. The van der Waals surface area contributed by atoms with Crippen LogP contribution in [-0.2, 0) is 6.54 Å². The molecule has 0 aromatic carbocycles. The van der Waals surface area contributed by atoms with Crippen LogP contribution >= 0.6 is 11.6 Å². The molecule has 20 heavy (non-hydrogen) atoms. The van der Waals surface area contributed by atoms with Crippen LogP contribution in [0.5, 0.6) is 0 Å². The highest BCUT2D eigenvalue weighted by molar-refractivity contribution is 6.20. The van der Waals surface area contributed by atoms with E-state index >= 15 is 0 Å². The summed E-state index contributed by atoms with van der Waals surface area (Å²) in [4.78, 5) is 11.5. The van der Waals surface area contributed by atoms with Crippen LogP contribution in [0.15, 0.2) is 12.1 Å². The molecule has 0 saturated carbocycles. The van der Waals surface area contributed by atoms with Gasteiger partial charge in [-0.15, -0.1) is 11.6 Å². The molecule has 2 aromatic rings. The summed E-state index contributed by atoms with van der Waals surface area (Å²) in [5, 5.41) is -0.0987. The number of hydrogen-bond acceptors (Lipinski definition) is 3. The number of aryl methyl sites for hydroxylation is 2. The largest absolute Gasteiger partial charge is 0.311 e. The van der Waals surface area contributed by atoms with Gasteiger partial charge in [0.1, 0.15) is 11.3 Å². The highest BCUT2D eigenvalue weighted by atomic mass is 35.5. The Hall–Kier alpha value is -1.13. The first-order chi connectivity index (χ1) is 9.49. The van der Waals surface area contributed by atoms with Crippen molar-refractivity contribution < 1.29 is 0 Å². The Bertz CT molecular complexity index is 575. The number of alkyl halides is 1. The Balaban J connectivity index is 2.24. The molecule has 4 nitrogen and oxygen atoms in total. The first-order valence-corrected chi connectivity index (χ1v) is 7.55. The predicted molar refractivity (Wildman–Crippen MR) is 84.3 cm³/mol. The van der Waals surface area contributed by atoms with Crippen molar-refractivity contribution in [3.8, 4) is 0 Å². The van der Waals surface area contributed by atoms with Crippen LogP contribution < -0.4 is 0 Å². The summed E-state index contributed by atoms with van der Waals surface area (Å²) in [7, 11) is 4.20. The maximum Gasteiger partial charge on any atom is 0.160 e. The Labute approximate surface area is 125 Å². The average molecular weight is 295 g/mol. The lowest BCUT2D eigenvalue weighted by Crippen LogP contribution is -2.14. The zero-order valence-corrected chi connectivity index (χ0v) is 13.5. The maximum absolute atomic E-state index is 6.26. The normalized spacial score (nSPS) is 13.3. The third kappa shape index (κ3) is 3.49. The number of rotatable bonds is 6. The minimum absolute atomic E-state index is 0.0987. The molecule has 0 spiro atoms. The summed E-state index contributed by atoms with van der Waals surface area (Å²) in [5.74, 6) is 0.921. The molecule has 2 rings (SSSR count). The van der Waals surface area contributed by atoms with Crippen molar-refractivity contribution in [3.63, 3.8) is 0 Å². The zero-order valence-electron chi connectivity index (χ0n) is 12.7. The van der Waals surface area contributed by atoms with Crippen LogP contribution in [0.4, 0.5) is 0 Å². The van der Waals surface area contributed by atoms with Gasteiger partial charge in [-0.2, -0.15) is 0 Å². The molecule has 2 aromatic heterocycles. The predicted octanol–water partition coefficient (Wildman–Crippen LogP) is 3.38. The van der Waals surface area contributed by atoms with Gasteiger partial charge in [0.25, 0.3) is 0 Å². The minimum Gasteiger partial charge on any atom is -0.311 e. The van der Waals surface area contributed by atoms with Crippen molar-refractivity contribution in [1.82, 2.24) is 19.4 Å². The molecular formula is C15H23ClN4. The fraction of sp³-hybridized carbons (Fsp3) is 0.600. The van der Waals surface area contributed by atoms with E-state index in [1.807, 2.05) is 26.0 Å². The Morgan fingerprint density at radius 3 is 2.65 bits per heavy atom. The average Bonchev–Trinajstić information content (AvgIpc) is 2.73. The monoisotopic (exact) mass is 294 g/mol. The second-order valence-electron chi connectivity index (χ2n) is 5.54. The fourth-order valence-electron chi connectivity index (χ4n) is 2.34. The van der Waals surface area contributed by atoms with Crippen molar-refractivity contribution in [2.75, 3.05) is 20.6 Å². The van der Waals surface area contributed by atoms with Crippen molar-refractivity contribution in [2.24, 2.45) is 0 Å². The third-order valence-electron chi connectivity index (χ3n) is 3.35. The summed E-state index contributed by atoms with van der Waals surface area (Å²) in [6, 6.07) is 4.02. The van der Waals surface area contributed by atoms with E-state index in [1.54, 1.807) is 0 Å².